The molecule has 0 spiro atoms. The van der Waals surface area contributed by atoms with Gasteiger partial charge in [0.1, 0.15) is 6.34 Å². The maximum atomic E-state index is 12.8. The predicted molar refractivity (Wildman–Crippen MR) is 129 cm³/mol. The number of amides is 1. The van der Waals surface area contributed by atoms with Gasteiger partial charge in [-0.2, -0.15) is 18.2 Å². The molecule has 4 aromatic rings. The number of aliphatic imine (C=N–C) groups is 1. The number of nitrogens with zero attached hydrogens (tertiary/aromatic N) is 3. The molecular weight excluding hydrogens is 455 g/mol. The topological polar surface area (TPSA) is 73.4 Å². The van der Waals surface area contributed by atoms with E-state index in [2.05, 4.69) is 20.4 Å². The molecule has 0 aliphatic carbocycles. The van der Waals surface area contributed by atoms with Gasteiger partial charge in [0.05, 0.1) is 17.6 Å². The highest BCUT2D eigenvalue weighted by Gasteiger charge is 2.30. The molecular formula is C26H22F3N5O. The smallest absolute Gasteiger partial charge is 0.348 e. The van der Waals surface area contributed by atoms with E-state index in [4.69, 9.17) is 0 Å². The van der Waals surface area contributed by atoms with Gasteiger partial charge in [-0.1, -0.05) is 42.5 Å². The monoisotopic (exact) mass is 477 g/mol. The number of anilines is 1. The van der Waals surface area contributed by atoms with E-state index in [1.165, 1.54) is 6.34 Å². The van der Waals surface area contributed by atoms with E-state index < -0.39 is 17.6 Å². The number of alkyl halides is 3. The number of nitrogens with one attached hydrogen (secondary N) is 2. The van der Waals surface area contributed by atoms with Crippen molar-refractivity contribution in [1.82, 2.24) is 15.4 Å². The highest BCUT2D eigenvalue weighted by atomic mass is 19.4. The minimum Gasteiger partial charge on any atom is -0.348 e. The summed E-state index contributed by atoms with van der Waals surface area (Å²) in [5.74, 6) is -0.654. The standard InChI is InChI=1S/C26H22F3N5O/c27-26(28,29)22-11-9-20(10-12-22)25(35)32-18-34(33-14-13-23-16-30-17-31-23)24-8-4-7-21(15-24)19-5-2-1-3-6-19/h1-12,15-18,33H,13-14H2,(H,30,31). The van der Waals surface area contributed by atoms with Crippen LogP contribution in [0, 0.1) is 0 Å². The normalized spacial score (nSPS) is 11.6. The Balaban J connectivity index is 1.54. The first-order valence-electron chi connectivity index (χ1n) is 10.8. The van der Waals surface area contributed by atoms with Gasteiger partial charge < -0.3 is 4.98 Å². The third-order valence-electron chi connectivity index (χ3n) is 5.21. The summed E-state index contributed by atoms with van der Waals surface area (Å²) in [5.41, 5.74) is 6.15. The summed E-state index contributed by atoms with van der Waals surface area (Å²) in [6.45, 7) is 0.512. The van der Waals surface area contributed by atoms with E-state index >= 15 is 0 Å². The van der Waals surface area contributed by atoms with Gasteiger partial charge >= 0.3 is 6.18 Å². The number of imidazole rings is 1. The number of benzene rings is 3. The molecule has 0 aliphatic heterocycles. The van der Waals surface area contributed by atoms with Crippen LogP contribution in [-0.4, -0.2) is 28.8 Å². The highest BCUT2D eigenvalue weighted by molar-refractivity contribution is 6.00. The molecule has 0 fully saturated rings. The molecule has 0 saturated carbocycles. The van der Waals surface area contributed by atoms with Crippen molar-refractivity contribution in [3.05, 3.63) is 108 Å². The first kappa shape index (κ1) is 23.9. The summed E-state index contributed by atoms with van der Waals surface area (Å²) >= 11 is 0. The molecule has 1 heterocycles. The summed E-state index contributed by atoms with van der Waals surface area (Å²) in [4.78, 5) is 23.6. The van der Waals surface area contributed by atoms with Gasteiger partial charge in [0.25, 0.3) is 5.91 Å². The lowest BCUT2D eigenvalue weighted by atomic mass is 10.1. The van der Waals surface area contributed by atoms with Crippen molar-refractivity contribution >= 4 is 17.9 Å². The average Bonchev–Trinajstić information content (AvgIpc) is 3.40. The van der Waals surface area contributed by atoms with Crippen LogP contribution >= 0.6 is 0 Å². The molecule has 0 atom stereocenters. The van der Waals surface area contributed by atoms with E-state index in [0.717, 1.165) is 46.8 Å². The largest absolute Gasteiger partial charge is 0.416 e. The van der Waals surface area contributed by atoms with E-state index in [9.17, 15) is 18.0 Å². The zero-order chi connectivity index (χ0) is 24.7. The Hall–Kier alpha value is -4.24. The van der Waals surface area contributed by atoms with Crippen LogP contribution in [0.2, 0.25) is 0 Å². The van der Waals surface area contributed by atoms with Crippen molar-refractivity contribution in [3.8, 4) is 11.1 Å². The van der Waals surface area contributed by atoms with Crippen molar-refractivity contribution in [3.63, 3.8) is 0 Å². The van der Waals surface area contributed by atoms with Gasteiger partial charge in [-0.3, -0.25) is 9.80 Å². The van der Waals surface area contributed by atoms with E-state index in [-0.39, 0.29) is 5.56 Å². The van der Waals surface area contributed by atoms with Gasteiger partial charge in [-0.15, -0.1) is 0 Å². The maximum Gasteiger partial charge on any atom is 0.416 e. The zero-order valence-corrected chi connectivity index (χ0v) is 18.5. The van der Waals surface area contributed by atoms with Crippen molar-refractivity contribution in [2.24, 2.45) is 4.99 Å². The molecule has 178 valence electrons. The summed E-state index contributed by atoms with van der Waals surface area (Å²) in [5, 5.41) is 1.62. The Morgan fingerprint density at radius 2 is 1.74 bits per heavy atom. The number of hydrogen-bond acceptors (Lipinski definition) is 3. The summed E-state index contributed by atoms with van der Waals surface area (Å²) in [6, 6.07) is 21.5. The van der Waals surface area contributed by atoms with Gasteiger partial charge in [-0.05, 0) is 47.5 Å². The third kappa shape index (κ3) is 6.42. The highest BCUT2D eigenvalue weighted by Crippen LogP contribution is 2.29. The quantitative estimate of drug-likeness (QED) is 0.199. The van der Waals surface area contributed by atoms with Crippen LogP contribution in [0.15, 0.2) is 96.4 Å². The number of carbonyl (C=O) groups is 1. The summed E-state index contributed by atoms with van der Waals surface area (Å²) in [6.07, 6.45) is 0.835. The van der Waals surface area contributed by atoms with Crippen LogP contribution < -0.4 is 10.4 Å². The molecule has 2 N–H and O–H groups in total. The lowest BCUT2D eigenvalue weighted by Gasteiger charge is -2.21. The van der Waals surface area contributed by atoms with Gasteiger partial charge in [0.15, 0.2) is 0 Å². The van der Waals surface area contributed by atoms with Gasteiger partial charge in [0.2, 0.25) is 0 Å². The van der Waals surface area contributed by atoms with Crippen LogP contribution in [0.5, 0.6) is 0 Å². The number of aromatic nitrogens is 2. The minimum absolute atomic E-state index is 0.0599. The Labute approximate surface area is 200 Å². The van der Waals surface area contributed by atoms with Crippen LogP contribution in [0.25, 0.3) is 11.1 Å². The number of carbonyl (C=O) groups excluding carboxylic acids is 1. The number of hydrogen-bond donors (Lipinski definition) is 2. The lowest BCUT2D eigenvalue weighted by Crippen LogP contribution is -2.38. The Bertz CT molecular complexity index is 1270. The molecule has 0 saturated heterocycles. The van der Waals surface area contributed by atoms with E-state index in [1.807, 2.05) is 54.6 Å². The molecule has 4 rings (SSSR count). The fraction of sp³-hybridized carbons (Fsp3) is 0.115. The first-order chi connectivity index (χ1) is 16.9. The molecule has 35 heavy (non-hydrogen) atoms. The number of hydrazine groups is 1. The Morgan fingerprint density at radius 1 is 1.00 bits per heavy atom. The van der Waals surface area contributed by atoms with Crippen LogP contribution in [-0.2, 0) is 12.6 Å². The van der Waals surface area contributed by atoms with E-state index in [0.29, 0.717) is 13.0 Å². The molecule has 0 bridgehead atoms. The van der Waals surface area contributed by atoms with E-state index in [1.54, 1.807) is 17.5 Å². The second-order valence-corrected chi connectivity index (χ2v) is 7.65. The summed E-state index contributed by atoms with van der Waals surface area (Å²) < 4.78 is 38.4. The molecule has 9 heteroatoms. The van der Waals surface area contributed by atoms with Crippen molar-refractivity contribution in [1.29, 1.82) is 0 Å². The third-order valence-corrected chi connectivity index (χ3v) is 5.21. The molecule has 0 aliphatic rings. The average molecular weight is 477 g/mol. The number of aromatic amines is 1. The van der Waals surface area contributed by atoms with Crippen LogP contribution in [0.4, 0.5) is 18.9 Å². The van der Waals surface area contributed by atoms with Crippen molar-refractivity contribution in [2.75, 3.05) is 11.6 Å². The fourth-order valence-electron chi connectivity index (χ4n) is 3.38. The van der Waals surface area contributed by atoms with Crippen molar-refractivity contribution in [2.45, 2.75) is 12.6 Å². The SMILES string of the molecule is O=C(N=CN(NCCc1cnc[nH]1)c1cccc(-c2ccccc2)c1)c1ccc(C(F)(F)F)cc1. The minimum atomic E-state index is -4.47. The lowest BCUT2D eigenvalue weighted by molar-refractivity contribution is -0.137. The zero-order valence-electron chi connectivity index (χ0n) is 18.5. The summed E-state index contributed by atoms with van der Waals surface area (Å²) in [7, 11) is 0. The van der Waals surface area contributed by atoms with Gasteiger partial charge in [-0.25, -0.2) is 10.4 Å². The molecule has 3 aromatic carbocycles. The second kappa shape index (κ2) is 10.8. The molecule has 0 radical (unpaired) electrons. The molecule has 0 unspecified atom stereocenters. The predicted octanol–water partition coefficient (Wildman–Crippen LogP) is 5.52. The molecule has 6 nitrogen and oxygen atoms in total. The maximum absolute atomic E-state index is 12.8. The van der Waals surface area contributed by atoms with Crippen LogP contribution in [0.1, 0.15) is 21.6 Å². The van der Waals surface area contributed by atoms with Crippen LogP contribution in [0.3, 0.4) is 0 Å². The molecule has 1 aromatic heterocycles. The Kier molecular flexibility index (Phi) is 7.37. The first-order valence-corrected chi connectivity index (χ1v) is 10.8. The van der Waals surface area contributed by atoms with Crippen molar-refractivity contribution < 1.29 is 18.0 Å². The number of rotatable bonds is 8. The molecule has 1 amide bonds. The Morgan fingerprint density at radius 3 is 2.43 bits per heavy atom. The number of H-pyrrole nitrogens is 1. The number of halogens is 3. The second-order valence-electron chi connectivity index (χ2n) is 7.65. The van der Waals surface area contributed by atoms with Gasteiger partial charge in [0, 0.05) is 30.4 Å². The fourth-order valence-corrected chi connectivity index (χ4v) is 3.38.